The Kier molecular flexibility index (Phi) is 4.49. The summed E-state index contributed by atoms with van der Waals surface area (Å²) in [5.41, 5.74) is 6.34. The van der Waals surface area contributed by atoms with E-state index in [2.05, 4.69) is 84.0 Å². The molecule has 8 nitrogen and oxygen atoms in total. The fourth-order valence-corrected chi connectivity index (χ4v) is 4.09. The van der Waals surface area contributed by atoms with Crippen LogP contribution >= 0.6 is 11.3 Å². The van der Waals surface area contributed by atoms with Crippen LogP contribution in [-0.4, -0.2) is 35.2 Å². The number of H-pyrrole nitrogens is 1. The van der Waals surface area contributed by atoms with Gasteiger partial charge in [0.25, 0.3) is 0 Å². The van der Waals surface area contributed by atoms with Crippen LogP contribution in [0.15, 0.2) is 53.4 Å². The van der Waals surface area contributed by atoms with E-state index in [0.29, 0.717) is 12.4 Å². The maximum absolute atomic E-state index is 4.58. The van der Waals surface area contributed by atoms with Crippen LogP contribution < -0.4 is 5.32 Å². The predicted molar refractivity (Wildman–Crippen MR) is 113 cm³/mol. The van der Waals surface area contributed by atoms with Crippen LogP contribution in [-0.2, 0) is 13.0 Å². The zero-order valence-electron chi connectivity index (χ0n) is 15.7. The van der Waals surface area contributed by atoms with Crippen LogP contribution in [0, 0.1) is 0 Å². The molecular formula is C20H18N8S. The summed E-state index contributed by atoms with van der Waals surface area (Å²) < 4.78 is 1.83. The Morgan fingerprint density at radius 2 is 1.97 bits per heavy atom. The van der Waals surface area contributed by atoms with E-state index in [4.69, 9.17) is 0 Å². The zero-order valence-corrected chi connectivity index (χ0v) is 16.5. The monoisotopic (exact) mass is 402 g/mol. The van der Waals surface area contributed by atoms with Gasteiger partial charge in [-0.25, -0.2) is 10.1 Å². The molecule has 144 valence electrons. The number of nitrogens with zero attached hydrogens (tertiary/aromatic N) is 6. The fraction of sp³-hybridized carbons (Fsp3) is 0.150. The Labute approximate surface area is 170 Å². The summed E-state index contributed by atoms with van der Waals surface area (Å²) >= 11 is 1.63. The SMILES string of the molecule is CCc1cc(NCc2ccc(-c3cscc3-c3nnn[nH]3)cc2)n2nccc2n1. The van der Waals surface area contributed by atoms with E-state index < -0.39 is 0 Å². The van der Waals surface area contributed by atoms with E-state index >= 15 is 0 Å². The second kappa shape index (κ2) is 7.44. The number of aromatic amines is 1. The number of rotatable bonds is 6. The lowest BCUT2D eigenvalue weighted by molar-refractivity contribution is 0.881. The molecule has 0 aliphatic rings. The summed E-state index contributed by atoms with van der Waals surface area (Å²) in [6, 6.07) is 12.5. The van der Waals surface area contributed by atoms with Crippen molar-refractivity contribution in [1.29, 1.82) is 0 Å². The standard InChI is InChI=1S/C20H18N8S/c1-2-15-9-19(28-18(23-15)7-8-22-28)21-10-13-3-5-14(6-4-13)16-11-29-12-17(16)20-24-26-27-25-20/h3-9,11-12,21H,2,10H2,1H3,(H,24,25,26,27). The quantitative estimate of drug-likeness (QED) is 0.448. The molecular weight excluding hydrogens is 384 g/mol. The van der Waals surface area contributed by atoms with Gasteiger partial charge in [-0.1, -0.05) is 31.2 Å². The number of anilines is 1. The Morgan fingerprint density at radius 3 is 2.76 bits per heavy atom. The van der Waals surface area contributed by atoms with Crippen LogP contribution in [0.2, 0.25) is 0 Å². The molecule has 0 aliphatic heterocycles. The van der Waals surface area contributed by atoms with Crippen LogP contribution in [0.4, 0.5) is 5.82 Å². The van der Waals surface area contributed by atoms with Gasteiger partial charge in [0.15, 0.2) is 11.5 Å². The highest BCUT2D eigenvalue weighted by molar-refractivity contribution is 7.08. The third kappa shape index (κ3) is 3.36. The molecule has 0 aliphatic carbocycles. The highest BCUT2D eigenvalue weighted by atomic mass is 32.1. The number of aromatic nitrogens is 7. The summed E-state index contributed by atoms with van der Waals surface area (Å²) in [7, 11) is 0. The average Bonchev–Trinajstić information content (AvgIpc) is 3.52. The first kappa shape index (κ1) is 17.5. The van der Waals surface area contributed by atoms with Crippen molar-refractivity contribution in [2.45, 2.75) is 19.9 Å². The minimum Gasteiger partial charge on any atom is -0.366 e. The first-order valence-electron chi connectivity index (χ1n) is 9.29. The van der Waals surface area contributed by atoms with Gasteiger partial charge in [0.2, 0.25) is 0 Å². The molecule has 0 saturated carbocycles. The maximum atomic E-state index is 4.58. The highest BCUT2D eigenvalue weighted by Gasteiger charge is 2.12. The Balaban J connectivity index is 1.36. The number of hydrogen-bond acceptors (Lipinski definition) is 7. The maximum Gasteiger partial charge on any atom is 0.180 e. The largest absolute Gasteiger partial charge is 0.366 e. The van der Waals surface area contributed by atoms with Crippen molar-refractivity contribution >= 4 is 22.8 Å². The second-order valence-electron chi connectivity index (χ2n) is 6.59. The van der Waals surface area contributed by atoms with Gasteiger partial charge in [0, 0.05) is 40.9 Å². The van der Waals surface area contributed by atoms with E-state index in [0.717, 1.165) is 40.3 Å². The Morgan fingerprint density at radius 1 is 1.10 bits per heavy atom. The number of benzene rings is 1. The first-order chi connectivity index (χ1) is 14.3. The molecule has 0 bridgehead atoms. The summed E-state index contributed by atoms with van der Waals surface area (Å²) in [5, 5.41) is 26.2. The second-order valence-corrected chi connectivity index (χ2v) is 7.33. The molecule has 5 rings (SSSR count). The summed E-state index contributed by atoms with van der Waals surface area (Å²) in [6.07, 6.45) is 2.65. The normalized spacial score (nSPS) is 11.2. The third-order valence-corrected chi connectivity index (χ3v) is 5.52. The predicted octanol–water partition coefficient (Wildman–Crippen LogP) is 3.81. The molecule has 4 heterocycles. The number of fused-ring (bicyclic) bond motifs is 1. The topological polar surface area (TPSA) is 96.7 Å². The smallest absolute Gasteiger partial charge is 0.180 e. The van der Waals surface area contributed by atoms with Crippen LogP contribution in [0.3, 0.4) is 0 Å². The van der Waals surface area contributed by atoms with Crippen molar-refractivity contribution in [3.05, 3.63) is 64.6 Å². The molecule has 9 heteroatoms. The zero-order chi connectivity index (χ0) is 19.6. The van der Waals surface area contributed by atoms with Crippen molar-refractivity contribution in [3.63, 3.8) is 0 Å². The van der Waals surface area contributed by atoms with Crippen molar-refractivity contribution in [2.24, 2.45) is 0 Å². The van der Waals surface area contributed by atoms with E-state index in [9.17, 15) is 0 Å². The molecule has 29 heavy (non-hydrogen) atoms. The number of hydrogen-bond donors (Lipinski definition) is 2. The molecule has 0 unspecified atom stereocenters. The number of thiophene rings is 1. The summed E-state index contributed by atoms with van der Waals surface area (Å²) in [6.45, 7) is 2.80. The lowest BCUT2D eigenvalue weighted by Crippen LogP contribution is -2.07. The molecule has 0 fully saturated rings. The van der Waals surface area contributed by atoms with Gasteiger partial charge in [0.1, 0.15) is 5.82 Å². The van der Waals surface area contributed by atoms with Gasteiger partial charge in [0.05, 0.1) is 6.20 Å². The third-order valence-electron chi connectivity index (χ3n) is 4.78. The molecule has 0 radical (unpaired) electrons. The van der Waals surface area contributed by atoms with Crippen molar-refractivity contribution < 1.29 is 0 Å². The Bertz CT molecular complexity index is 1240. The van der Waals surface area contributed by atoms with E-state index in [1.807, 2.05) is 10.6 Å². The molecule has 0 atom stereocenters. The lowest BCUT2D eigenvalue weighted by Gasteiger charge is -2.10. The van der Waals surface area contributed by atoms with Crippen LogP contribution in [0.1, 0.15) is 18.2 Å². The van der Waals surface area contributed by atoms with Crippen LogP contribution in [0.5, 0.6) is 0 Å². The molecule has 4 aromatic heterocycles. The van der Waals surface area contributed by atoms with Gasteiger partial charge in [-0.2, -0.15) is 21.0 Å². The molecule has 2 N–H and O–H groups in total. The van der Waals surface area contributed by atoms with Gasteiger partial charge in [-0.05, 0) is 33.4 Å². The van der Waals surface area contributed by atoms with Gasteiger partial charge < -0.3 is 5.32 Å². The molecule has 0 amide bonds. The highest BCUT2D eigenvalue weighted by Crippen LogP contribution is 2.33. The van der Waals surface area contributed by atoms with Gasteiger partial charge in [-0.15, -0.1) is 5.10 Å². The molecule has 0 saturated heterocycles. The van der Waals surface area contributed by atoms with E-state index in [-0.39, 0.29) is 0 Å². The summed E-state index contributed by atoms with van der Waals surface area (Å²) in [4.78, 5) is 4.58. The van der Waals surface area contributed by atoms with Crippen molar-refractivity contribution in [1.82, 2.24) is 35.2 Å². The van der Waals surface area contributed by atoms with Gasteiger partial charge in [-0.3, -0.25) is 0 Å². The molecule has 1 aromatic carbocycles. The number of nitrogens with one attached hydrogen (secondary N) is 2. The van der Waals surface area contributed by atoms with Gasteiger partial charge >= 0.3 is 0 Å². The van der Waals surface area contributed by atoms with Crippen molar-refractivity contribution in [3.8, 4) is 22.5 Å². The molecule has 0 spiro atoms. The van der Waals surface area contributed by atoms with E-state index in [1.165, 1.54) is 5.56 Å². The molecule has 5 aromatic rings. The minimum atomic E-state index is 0.680. The van der Waals surface area contributed by atoms with E-state index in [1.54, 1.807) is 17.5 Å². The fourth-order valence-electron chi connectivity index (χ4n) is 3.24. The lowest BCUT2D eigenvalue weighted by atomic mass is 10.0. The van der Waals surface area contributed by atoms with Crippen molar-refractivity contribution in [2.75, 3.05) is 5.32 Å². The summed E-state index contributed by atoms with van der Waals surface area (Å²) in [5.74, 6) is 1.62. The number of aryl methyl sites for hydroxylation is 1. The average molecular weight is 402 g/mol. The first-order valence-corrected chi connectivity index (χ1v) is 10.2. The Hall–Kier alpha value is -3.59. The number of tetrazole rings is 1. The van der Waals surface area contributed by atoms with Crippen LogP contribution in [0.25, 0.3) is 28.2 Å². The minimum absolute atomic E-state index is 0.680.